The van der Waals surface area contributed by atoms with Crippen molar-refractivity contribution in [3.63, 3.8) is 0 Å². The number of carbonyl (C=O) groups is 1. The van der Waals surface area contributed by atoms with Gasteiger partial charge in [0.25, 0.3) is 0 Å². The van der Waals surface area contributed by atoms with Crippen LogP contribution in [0.1, 0.15) is 18.4 Å². The molecule has 1 saturated carbocycles. The van der Waals surface area contributed by atoms with Crippen LogP contribution in [0.5, 0.6) is 0 Å². The summed E-state index contributed by atoms with van der Waals surface area (Å²) < 4.78 is 1.01. The largest absolute Gasteiger partial charge is 0.465 e. The van der Waals surface area contributed by atoms with E-state index in [9.17, 15) is 4.79 Å². The number of hydrogen-bond donors (Lipinski definition) is 1. The summed E-state index contributed by atoms with van der Waals surface area (Å²) in [6, 6.07) is 8.00. The highest BCUT2D eigenvalue weighted by Crippen LogP contribution is 2.28. The lowest BCUT2D eigenvalue weighted by Gasteiger charge is -2.18. The number of hydrogen-bond acceptors (Lipinski definition) is 1. The topological polar surface area (TPSA) is 40.5 Å². The van der Waals surface area contributed by atoms with Crippen molar-refractivity contribution >= 4 is 22.0 Å². The van der Waals surface area contributed by atoms with E-state index in [1.807, 2.05) is 24.3 Å². The molecule has 4 heteroatoms. The molecule has 0 spiro atoms. The Hall–Kier alpha value is -1.03. The quantitative estimate of drug-likeness (QED) is 0.916. The van der Waals surface area contributed by atoms with E-state index in [1.165, 1.54) is 4.90 Å². The number of carboxylic acid groups (broad SMARTS) is 1. The van der Waals surface area contributed by atoms with Crippen LogP contribution in [0.15, 0.2) is 28.7 Å². The van der Waals surface area contributed by atoms with E-state index >= 15 is 0 Å². The average molecular weight is 270 g/mol. The fourth-order valence-electron chi connectivity index (χ4n) is 1.53. The third kappa shape index (κ3) is 2.72. The molecule has 1 aliphatic rings. The first-order valence-electron chi connectivity index (χ1n) is 4.91. The highest BCUT2D eigenvalue weighted by atomic mass is 79.9. The van der Waals surface area contributed by atoms with E-state index in [0.29, 0.717) is 6.54 Å². The van der Waals surface area contributed by atoms with Crippen LogP contribution < -0.4 is 0 Å². The van der Waals surface area contributed by atoms with Gasteiger partial charge >= 0.3 is 6.09 Å². The number of halogens is 1. The number of rotatable bonds is 3. The van der Waals surface area contributed by atoms with Crippen molar-refractivity contribution < 1.29 is 9.90 Å². The summed E-state index contributed by atoms with van der Waals surface area (Å²) in [6.45, 7) is 0.493. The molecule has 2 rings (SSSR count). The second-order valence-corrected chi connectivity index (χ2v) is 4.68. The SMILES string of the molecule is O=C(O)N(Cc1ccc(Br)cc1)C1CC1. The Bertz CT molecular complexity index is 359. The molecule has 1 aromatic rings. The zero-order chi connectivity index (χ0) is 10.8. The molecule has 1 fully saturated rings. The van der Waals surface area contributed by atoms with E-state index in [4.69, 9.17) is 5.11 Å². The van der Waals surface area contributed by atoms with E-state index < -0.39 is 6.09 Å². The summed E-state index contributed by atoms with van der Waals surface area (Å²) in [6.07, 6.45) is 1.19. The van der Waals surface area contributed by atoms with E-state index in [2.05, 4.69) is 15.9 Å². The minimum Gasteiger partial charge on any atom is -0.465 e. The zero-order valence-electron chi connectivity index (χ0n) is 8.19. The van der Waals surface area contributed by atoms with Crippen molar-refractivity contribution in [2.24, 2.45) is 0 Å². The Morgan fingerprint density at radius 2 is 2.00 bits per heavy atom. The summed E-state index contributed by atoms with van der Waals surface area (Å²) in [7, 11) is 0. The molecule has 1 aromatic carbocycles. The van der Waals surface area contributed by atoms with Gasteiger partial charge in [0.15, 0.2) is 0 Å². The van der Waals surface area contributed by atoms with Gasteiger partial charge in [-0.15, -0.1) is 0 Å². The Labute approximate surface area is 96.8 Å². The predicted octanol–water partition coefficient (Wildman–Crippen LogP) is 3.09. The fraction of sp³-hybridized carbons (Fsp3) is 0.364. The third-order valence-electron chi connectivity index (χ3n) is 2.50. The molecule has 0 heterocycles. The normalized spacial score (nSPS) is 15.0. The highest BCUT2D eigenvalue weighted by Gasteiger charge is 2.32. The van der Waals surface area contributed by atoms with Crippen LogP contribution in [0, 0.1) is 0 Å². The summed E-state index contributed by atoms with van der Waals surface area (Å²) in [5.74, 6) is 0. The standard InChI is InChI=1S/C11H12BrNO2/c12-9-3-1-8(2-4-9)7-13(11(14)15)10-5-6-10/h1-4,10H,5-7H2,(H,14,15). The molecule has 1 amide bonds. The molecular weight excluding hydrogens is 258 g/mol. The van der Waals surface area contributed by atoms with Crippen molar-refractivity contribution in [2.45, 2.75) is 25.4 Å². The lowest BCUT2D eigenvalue weighted by molar-refractivity contribution is 0.139. The van der Waals surface area contributed by atoms with E-state index in [0.717, 1.165) is 22.9 Å². The molecule has 0 bridgehead atoms. The van der Waals surface area contributed by atoms with Crippen molar-refractivity contribution in [1.29, 1.82) is 0 Å². The highest BCUT2D eigenvalue weighted by molar-refractivity contribution is 9.10. The summed E-state index contributed by atoms with van der Waals surface area (Å²) in [5, 5.41) is 9.02. The molecule has 0 aromatic heterocycles. The molecule has 15 heavy (non-hydrogen) atoms. The smallest absolute Gasteiger partial charge is 0.407 e. The van der Waals surface area contributed by atoms with Crippen LogP contribution in [0.4, 0.5) is 4.79 Å². The van der Waals surface area contributed by atoms with E-state index in [1.54, 1.807) is 0 Å². The minimum absolute atomic E-state index is 0.242. The van der Waals surface area contributed by atoms with Gasteiger partial charge in [0.1, 0.15) is 0 Å². The van der Waals surface area contributed by atoms with Crippen LogP contribution >= 0.6 is 15.9 Å². The maximum absolute atomic E-state index is 11.0. The van der Waals surface area contributed by atoms with Gasteiger partial charge in [-0.2, -0.15) is 0 Å². The second kappa shape index (κ2) is 4.23. The molecule has 0 saturated heterocycles. The summed E-state index contributed by atoms with van der Waals surface area (Å²) >= 11 is 3.35. The maximum atomic E-state index is 11.0. The minimum atomic E-state index is -0.819. The average Bonchev–Trinajstić information content (AvgIpc) is 3.00. The Kier molecular flexibility index (Phi) is 2.95. The molecule has 0 radical (unpaired) electrons. The van der Waals surface area contributed by atoms with Gasteiger partial charge in [-0.3, -0.25) is 0 Å². The molecule has 1 aliphatic carbocycles. The van der Waals surface area contributed by atoms with Gasteiger partial charge in [-0.1, -0.05) is 28.1 Å². The molecule has 3 nitrogen and oxygen atoms in total. The Morgan fingerprint density at radius 3 is 2.47 bits per heavy atom. The zero-order valence-corrected chi connectivity index (χ0v) is 9.77. The number of benzene rings is 1. The van der Waals surface area contributed by atoms with Gasteiger partial charge < -0.3 is 10.0 Å². The maximum Gasteiger partial charge on any atom is 0.407 e. The molecular formula is C11H12BrNO2. The first-order chi connectivity index (χ1) is 7.16. The Balaban J connectivity index is 2.05. The van der Waals surface area contributed by atoms with Crippen LogP contribution in [0.25, 0.3) is 0 Å². The fourth-order valence-corrected chi connectivity index (χ4v) is 1.79. The lowest BCUT2D eigenvalue weighted by atomic mass is 10.2. The molecule has 0 atom stereocenters. The van der Waals surface area contributed by atoms with Crippen molar-refractivity contribution in [3.8, 4) is 0 Å². The van der Waals surface area contributed by atoms with Crippen LogP contribution in [-0.4, -0.2) is 22.1 Å². The van der Waals surface area contributed by atoms with Crippen molar-refractivity contribution in [2.75, 3.05) is 0 Å². The third-order valence-corrected chi connectivity index (χ3v) is 3.03. The van der Waals surface area contributed by atoms with Gasteiger partial charge in [-0.05, 0) is 30.5 Å². The Morgan fingerprint density at radius 1 is 1.40 bits per heavy atom. The van der Waals surface area contributed by atoms with Crippen LogP contribution in [-0.2, 0) is 6.54 Å². The number of amides is 1. The van der Waals surface area contributed by atoms with Crippen molar-refractivity contribution in [3.05, 3.63) is 34.3 Å². The van der Waals surface area contributed by atoms with Crippen LogP contribution in [0.3, 0.4) is 0 Å². The summed E-state index contributed by atoms with van der Waals surface area (Å²) in [4.78, 5) is 12.5. The van der Waals surface area contributed by atoms with Gasteiger partial charge in [-0.25, -0.2) is 4.79 Å². The molecule has 80 valence electrons. The van der Waals surface area contributed by atoms with Crippen LogP contribution in [0.2, 0.25) is 0 Å². The molecule has 0 aliphatic heterocycles. The predicted molar refractivity (Wildman–Crippen MR) is 60.7 cm³/mol. The van der Waals surface area contributed by atoms with Gasteiger partial charge in [0, 0.05) is 17.1 Å². The van der Waals surface area contributed by atoms with Gasteiger partial charge in [0.2, 0.25) is 0 Å². The number of nitrogens with zero attached hydrogens (tertiary/aromatic N) is 1. The molecule has 0 unspecified atom stereocenters. The molecule has 1 N–H and O–H groups in total. The first kappa shape index (κ1) is 10.5. The van der Waals surface area contributed by atoms with Gasteiger partial charge in [0.05, 0.1) is 0 Å². The monoisotopic (exact) mass is 269 g/mol. The van der Waals surface area contributed by atoms with E-state index in [-0.39, 0.29) is 6.04 Å². The van der Waals surface area contributed by atoms with Crippen molar-refractivity contribution in [1.82, 2.24) is 4.90 Å². The second-order valence-electron chi connectivity index (χ2n) is 3.77. The first-order valence-corrected chi connectivity index (χ1v) is 5.70. The lowest BCUT2D eigenvalue weighted by Crippen LogP contribution is -2.30. The summed E-state index contributed by atoms with van der Waals surface area (Å²) in [5.41, 5.74) is 1.03.